The summed E-state index contributed by atoms with van der Waals surface area (Å²) in [6.45, 7) is 4.74. The van der Waals surface area contributed by atoms with Crippen LogP contribution in [0.1, 0.15) is 12.5 Å². The molecule has 0 N–H and O–H groups in total. The van der Waals surface area contributed by atoms with Crippen LogP contribution < -0.4 is 4.74 Å². The molecule has 86 valence electrons. The van der Waals surface area contributed by atoms with Crippen LogP contribution in [0.15, 0.2) is 18.2 Å². The molecule has 1 aliphatic heterocycles. The van der Waals surface area contributed by atoms with E-state index in [0.29, 0.717) is 24.5 Å². The Hall–Kier alpha value is -1.62. The first kappa shape index (κ1) is 10.9. The lowest BCUT2D eigenvalue weighted by atomic mass is 10.2. The molecule has 0 saturated carbocycles. The van der Waals surface area contributed by atoms with Crippen molar-refractivity contribution >= 4 is 5.69 Å². The number of nitro benzene ring substituents is 1. The van der Waals surface area contributed by atoms with E-state index in [1.165, 1.54) is 6.07 Å². The van der Waals surface area contributed by atoms with Crippen LogP contribution >= 0.6 is 0 Å². The van der Waals surface area contributed by atoms with E-state index in [2.05, 4.69) is 0 Å². The van der Waals surface area contributed by atoms with E-state index in [4.69, 9.17) is 9.47 Å². The van der Waals surface area contributed by atoms with Gasteiger partial charge in [-0.2, -0.15) is 0 Å². The van der Waals surface area contributed by atoms with Crippen LogP contribution in [0.25, 0.3) is 0 Å². The molecule has 1 aliphatic rings. The maximum atomic E-state index is 10.7. The van der Waals surface area contributed by atoms with E-state index in [1.54, 1.807) is 19.1 Å². The second-order valence-corrected chi connectivity index (χ2v) is 4.18. The van der Waals surface area contributed by atoms with Crippen molar-refractivity contribution in [1.82, 2.24) is 0 Å². The molecule has 1 aromatic carbocycles. The molecule has 1 fully saturated rings. The molecular formula is C11H13NO4. The largest absolute Gasteiger partial charge is 0.490 e. The summed E-state index contributed by atoms with van der Waals surface area (Å²) in [6.07, 6.45) is 0. The normalized spacial score (nSPS) is 22.9. The van der Waals surface area contributed by atoms with E-state index in [-0.39, 0.29) is 11.3 Å². The number of nitrogens with zero attached hydrogens (tertiary/aromatic N) is 1. The Morgan fingerprint density at radius 1 is 1.62 bits per heavy atom. The fourth-order valence-electron chi connectivity index (χ4n) is 1.39. The highest BCUT2D eigenvalue weighted by Crippen LogP contribution is 2.30. The van der Waals surface area contributed by atoms with Crippen LogP contribution in [-0.2, 0) is 4.74 Å². The Bertz CT molecular complexity index is 426. The summed E-state index contributed by atoms with van der Waals surface area (Å²) in [6, 6.07) is 4.82. The van der Waals surface area contributed by atoms with E-state index in [9.17, 15) is 10.1 Å². The Labute approximate surface area is 93.1 Å². The van der Waals surface area contributed by atoms with Gasteiger partial charge in [-0.05, 0) is 19.9 Å². The molecule has 0 radical (unpaired) electrons. The average Bonchev–Trinajstić information content (AvgIpc) is 2.95. The van der Waals surface area contributed by atoms with Gasteiger partial charge in [-0.1, -0.05) is 6.07 Å². The third-order valence-corrected chi connectivity index (χ3v) is 2.62. The minimum absolute atomic E-state index is 0.0827. The summed E-state index contributed by atoms with van der Waals surface area (Å²) in [7, 11) is 0. The summed E-state index contributed by atoms with van der Waals surface area (Å²) in [5.41, 5.74) is 0.424. The summed E-state index contributed by atoms with van der Waals surface area (Å²) in [5, 5.41) is 10.7. The van der Waals surface area contributed by atoms with Crippen LogP contribution in [0, 0.1) is 17.0 Å². The molecule has 0 bridgehead atoms. The lowest BCUT2D eigenvalue weighted by Crippen LogP contribution is -2.17. The number of hydrogen-bond acceptors (Lipinski definition) is 4. The van der Waals surface area contributed by atoms with Crippen LogP contribution in [0.5, 0.6) is 5.75 Å². The Morgan fingerprint density at radius 2 is 2.31 bits per heavy atom. The maximum Gasteiger partial charge on any atom is 0.276 e. The van der Waals surface area contributed by atoms with E-state index in [1.807, 2.05) is 6.92 Å². The molecule has 1 unspecified atom stereocenters. The lowest BCUT2D eigenvalue weighted by Gasteiger charge is -2.10. The van der Waals surface area contributed by atoms with Gasteiger partial charge in [-0.3, -0.25) is 10.1 Å². The summed E-state index contributed by atoms with van der Waals surface area (Å²) in [5.74, 6) is 0.547. The second kappa shape index (κ2) is 3.75. The smallest absolute Gasteiger partial charge is 0.276 e. The van der Waals surface area contributed by atoms with Gasteiger partial charge in [0.1, 0.15) is 18.0 Å². The summed E-state index contributed by atoms with van der Waals surface area (Å²) < 4.78 is 10.7. The van der Waals surface area contributed by atoms with Crippen molar-refractivity contribution in [2.75, 3.05) is 13.2 Å². The topological polar surface area (TPSA) is 64.9 Å². The number of ether oxygens (including phenoxy) is 2. The predicted octanol–water partition coefficient (Wildman–Crippen LogP) is 2.07. The van der Waals surface area contributed by atoms with Crippen molar-refractivity contribution in [3.63, 3.8) is 0 Å². The monoisotopic (exact) mass is 223 g/mol. The van der Waals surface area contributed by atoms with E-state index >= 15 is 0 Å². The van der Waals surface area contributed by atoms with E-state index in [0.717, 1.165) is 0 Å². The number of benzene rings is 1. The first-order chi connectivity index (χ1) is 7.52. The lowest BCUT2D eigenvalue weighted by molar-refractivity contribution is -0.385. The molecule has 2 rings (SSSR count). The highest BCUT2D eigenvalue weighted by molar-refractivity contribution is 5.48. The van der Waals surface area contributed by atoms with Gasteiger partial charge in [0.05, 0.1) is 17.1 Å². The van der Waals surface area contributed by atoms with Gasteiger partial charge in [0.15, 0.2) is 0 Å². The first-order valence-electron chi connectivity index (χ1n) is 5.03. The first-order valence-corrected chi connectivity index (χ1v) is 5.03. The maximum absolute atomic E-state index is 10.7. The third kappa shape index (κ3) is 2.14. The van der Waals surface area contributed by atoms with Gasteiger partial charge in [0.25, 0.3) is 5.69 Å². The van der Waals surface area contributed by atoms with Gasteiger partial charge in [-0.25, -0.2) is 0 Å². The van der Waals surface area contributed by atoms with Gasteiger partial charge < -0.3 is 9.47 Å². The second-order valence-electron chi connectivity index (χ2n) is 4.18. The molecule has 0 amide bonds. The Balaban J connectivity index is 2.14. The average molecular weight is 223 g/mol. The fourth-order valence-corrected chi connectivity index (χ4v) is 1.39. The molecule has 1 aromatic rings. The Kier molecular flexibility index (Phi) is 2.55. The summed E-state index contributed by atoms with van der Waals surface area (Å²) in [4.78, 5) is 10.3. The zero-order chi connectivity index (χ0) is 11.8. The Morgan fingerprint density at radius 3 is 2.88 bits per heavy atom. The molecule has 5 nitrogen and oxygen atoms in total. The van der Waals surface area contributed by atoms with Gasteiger partial charge in [0.2, 0.25) is 0 Å². The van der Waals surface area contributed by atoms with Crippen LogP contribution in [0.2, 0.25) is 0 Å². The van der Waals surface area contributed by atoms with Crippen LogP contribution in [0.3, 0.4) is 0 Å². The van der Waals surface area contributed by atoms with Crippen molar-refractivity contribution < 1.29 is 14.4 Å². The molecule has 5 heteroatoms. The van der Waals surface area contributed by atoms with Crippen molar-refractivity contribution in [2.24, 2.45) is 0 Å². The van der Waals surface area contributed by atoms with Crippen LogP contribution in [0.4, 0.5) is 5.69 Å². The fraction of sp³-hybridized carbons (Fsp3) is 0.455. The molecule has 16 heavy (non-hydrogen) atoms. The third-order valence-electron chi connectivity index (χ3n) is 2.62. The highest BCUT2D eigenvalue weighted by Gasteiger charge is 2.40. The predicted molar refractivity (Wildman–Crippen MR) is 57.7 cm³/mol. The summed E-state index contributed by atoms with van der Waals surface area (Å²) >= 11 is 0. The van der Waals surface area contributed by atoms with E-state index < -0.39 is 4.92 Å². The van der Waals surface area contributed by atoms with Gasteiger partial charge >= 0.3 is 0 Å². The van der Waals surface area contributed by atoms with Crippen molar-refractivity contribution in [1.29, 1.82) is 0 Å². The standard InChI is InChI=1S/C11H13NO4/c1-8-9(12(13)14)4-3-5-10(8)15-6-11(2)7-16-11/h3-5H,6-7H2,1-2H3. The SMILES string of the molecule is Cc1c(OCC2(C)CO2)cccc1[N+](=O)[O-]. The minimum Gasteiger partial charge on any atom is -0.490 e. The van der Waals surface area contributed by atoms with Crippen molar-refractivity contribution in [3.8, 4) is 5.75 Å². The molecule has 0 aromatic heterocycles. The number of hydrogen-bond donors (Lipinski definition) is 0. The molecule has 1 atom stereocenters. The molecule has 0 aliphatic carbocycles. The number of epoxide rings is 1. The van der Waals surface area contributed by atoms with Crippen molar-refractivity contribution in [2.45, 2.75) is 19.4 Å². The van der Waals surface area contributed by atoms with Gasteiger partial charge in [-0.15, -0.1) is 0 Å². The van der Waals surface area contributed by atoms with Crippen molar-refractivity contribution in [3.05, 3.63) is 33.9 Å². The quantitative estimate of drug-likeness (QED) is 0.445. The zero-order valence-electron chi connectivity index (χ0n) is 9.23. The molecule has 1 saturated heterocycles. The molecular weight excluding hydrogens is 210 g/mol. The zero-order valence-corrected chi connectivity index (χ0v) is 9.23. The molecule has 1 heterocycles. The van der Waals surface area contributed by atoms with Crippen LogP contribution in [-0.4, -0.2) is 23.7 Å². The number of nitro groups is 1. The van der Waals surface area contributed by atoms with Gasteiger partial charge in [0, 0.05) is 6.07 Å². The number of rotatable bonds is 4. The molecule has 0 spiro atoms. The minimum atomic E-state index is -0.405. The highest BCUT2D eigenvalue weighted by atomic mass is 16.6.